The van der Waals surface area contributed by atoms with Crippen molar-refractivity contribution >= 4 is 17.7 Å². The van der Waals surface area contributed by atoms with Gasteiger partial charge in [0.15, 0.2) is 5.16 Å². The molecule has 0 bridgehead atoms. The number of hydrogen-bond acceptors (Lipinski definition) is 4. The summed E-state index contributed by atoms with van der Waals surface area (Å²) in [5.74, 6) is 0.650. The molecule has 0 spiro atoms. The van der Waals surface area contributed by atoms with E-state index in [0.29, 0.717) is 18.2 Å². The molecule has 1 aliphatic carbocycles. The number of benzene rings is 1. The van der Waals surface area contributed by atoms with Gasteiger partial charge in [-0.05, 0) is 18.4 Å². The van der Waals surface area contributed by atoms with Crippen LogP contribution in [0, 0.1) is 0 Å². The van der Waals surface area contributed by atoms with E-state index >= 15 is 0 Å². The Morgan fingerprint density at radius 1 is 1.30 bits per heavy atom. The normalized spacial score (nSPS) is 16.2. The van der Waals surface area contributed by atoms with Gasteiger partial charge >= 0.3 is 0 Å². The molecule has 4 rings (SSSR count). The Bertz CT molecular complexity index is 799. The van der Waals surface area contributed by atoms with Gasteiger partial charge in [-0.2, -0.15) is 0 Å². The molecule has 1 saturated carbocycles. The van der Waals surface area contributed by atoms with Gasteiger partial charge < -0.3 is 4.90 Å². The minimum atomic E-state index is -0.205. The number of carbonyl (C=O) groups excluding carboxylic acids is 1. The lowest BCUT2D eigenvalue weighted by molar-refractivity contribution is 0.0726. The van der Waals surface area contributed by atoms with E-state index in [1.807, 2.05) is 35.2 Å². The maximum Gasteiger partial charge on any atom is 0.267 e. The van der Waals surface area contributed by atoms with Gasteiger partial charge in [0.2, 0.25) is 0 Å². The largest absolute Gasteiger partial charge is 0.331 e. The molecule has 1 fully saturated rings. The minimum Gasteiger partial charge on any atom is -0.331 e. The second-order valence-electron chi connectivity index (χ2n) is 5.91. The van der Waals surface area contributed by atoms with E-state index in [2.05, 4.69) is 4.98 Å². The van der Waals surface area contributed by atoms with Crippen molar-refractivity contribution in [3.05, 3.63) is 58.0 Å². The molecule has 23 heavy (non-hydrogen) atoms. The molecule has 0 atom stereocenters. The molecule has 0 saturated heterocycles. The smallest absolute Gasteiger partial charge is 0.267 e. The zero-order valence-corrected chi connectivity index (χ0v) is 13.5. The molecule has 0 radical (unpaired) electrons. The molecule has 2 aliphatic rings. The summed E-state index contributed by atoms with van der Waals surface area (Å²) in [6.45, 7) is 1.18. The van der Waals surface area contributed by atoms with E-state index in [1.54, 1.807) is 16.3 Å². The van der Waals surface area contributed by atoms with Crippen LogP contribution in [0.5, 0.6) is 0 Å². The van der Waals surface area contributed by atoms with Crippen LogP contribution in [0.15, 0.2) is 46.5 Å². The van der Waals surface area contributed by atoms with Crippen LogP contribution >= 0.6 is 11.8 Å². The Morgan fingerprint density at radius 3 is 2.83 bits per heavy atom. The first-order chi connectivity index (χ1) is 11.2. The fourth-order valence-corrected chi connectivity index (χ4v) is 3.77. The topological polar surface area (TPSA) is 55.2 Å². The number of hydrogen-bond donors (Lipinski definition) is 0. The highest BCUT2D eigenvalue weighted by Crippen LogP contribution is 2.29. The van der Waals surface area contributed by atoms with E-state index in [-0.39, 0.29) is 23.1 Å². The monoisotopic (exact) mass is 327 g/mol. The summed E-state index contributed by atoms with van der Waals surface area (Å²) in [6.07, 6.45) is 3.47. The highest BCUT2D eigenvalue weighted by molar-refractivity contribution is 7.99. The van der Waals surface area contributed by atoms with Crippen LogP contribution in [0.2, 0.25) is 0 Å². The van der Waals surface area contributed by atoms with E-state index in [9.17, 15) is 9.59 Å². The minimum absolute atomic E-state index is 0.193. The molecule has 2 aromatic rings. The second-order valence-corrected chi connectivity index (χ2v) is 6.97. The van der Waals surface area contributed by atoms with Gasteiger partial charge in [-0.15, -0.1) is 0 Å². The zero-order chi connectivity index (χ0) is 15.8. The van der Waals surface area contributed by atoms with Crippen molar-refractivity contribution in [2.45, 2.75) is 37.1 Å². The van der Waals surface area contributed by atoms with Gasteiger partial charge in [0, 0.05) is 31.1 Å². The number of nitrogens with zero attached hydrogens (tertiary/aromatic N) is 3. The van der Waals surface area contributed by atoms with Crippen molar-refractivity contribution in [1.82, 2.24) is 14.5 Å². The van der Waals surface area contributed by atoms with E-state index < -0.39 is 0 Å². The van der Waals surface area contributed by atoms with Gasteiger partial charge in [-0.1, -0.05) is 42.1 Å². The molecule has 2 heterocycles. The van der Waals surface area contributed by atoms with E-state index in [0.717, 1.165) is 24.2 Å². The van der Waals surface area contributed by atoms with Crippen molar-refractivity contribution in [1.29, 1.82) is 0 Å². The molecule has 1 aromatic heterocycles. The molecule has 0 unspecified atom stereocenters. The fourth-order valence-electron chi connectivity index (χ4n) is 2.85. The van der Waals surface area contributed by atoms with Crippen molar-refractivity contribution in [2.75, 3.05) is 5.75 Å². The number of rotatable bonds is 4. The highest BCUT2D eigenvalue weighted by Gasteiger charge is 2.34. The molecule has 6 heteroatoms. The van der Waals surface area contributed by atoms with E-state index in [1.165, 1.54) is 6.20 Å². The first-order valence-corrected chi connectivity index (χ1v) is 8.80. The van der Waals surface area contributed by atoms with Crippen LogP contribution in [0.3, 0.4) is 0 Å². The number of thioether (sulfide) groups is 1. The first kappa shape index (κ1) is 14.5. The Hall–Kier alpha value is -2.08. The summed E-state index contributed by atoms with van der Waals surface area (Å²) in [4.78, 5) is 31.6. The van der Waals surface area contributed by atoms with Crippen LogP contribution in [0.1, 0.15) is 28.8 Å². The third-order valence-electron chi connectivity index (χ3n) is 4.23. The summed E-state index contributed by atoms with van der Waals surface area (Å²) in [6, 6.07) is 10.2. The standard InChI is InChI=1S/C17H17N3O2S/c21-15-14(10-18-17-19(15)8-9-23-17)16(22)20(13-6-7-13)11-12-4-2-1-3-5-12/h1-5,10,13H,6-9,11H2. The highest BCUT2D eigenvalue weighted by atomic mass is 32.2. The molecule has 5 nitrogen and oxygen atoms in total. The molecule has 118 valence electrons. The predicted molar refractivity (Wildman–Crippen MR) is 88.6 cm³/mol. The van der Waals surface area contributed by atoms with Gasteiger partial charge in [-0.25, -0.2) is 4.98 Å². The molecular formula is C17H17N3O2S. The van der Waals surface area contributed by atoms with Crippen LogP contribution < -0.4 is 5.56 Å². The average Bonchev–Trinajstić information content (AvgIpc) is 3.30. The molecule has 1 aliphatic heterocycles. The first-order valence-electron chi connectivity index (χ1n) is 7.81. The maximum absolute atomic E-state index is 12.9. The maximum atomic E-state index is 12.9. The second kappa shape index (κ2) is 5.85. The lowest BCUT2D eigenvalue weighted by Gasteiger charge is -2.22. The Labute approximate surface area is 138 Å². The average molecular weight is 327 g/mol. The summed E-state index contributed by atoms with van der Waals surface area (Å²) in [5, 5.41) is 0.715. The summed E-state index contributed by atoms with van der Waals surface area (Å²) in [5.41, 5.74) is 1.07. The molecule has 1 amide bonds. The van der Waals surface area contributed by atoms with Gasteiger partial charge in [0.1, 0.15) is 5.56 Å². The number of amides is 1. The van der Waals surface area contributed by atoms with Crippen LogP contribution in [0.4, 0.5) is 0 Å². The molecule has 1 aromatic carbocycles. The summed E-state index contributed by atoms with van der Waals surface area (Å²) in [7, 11) is 0. The van der Waals surface area contributed by atoms with Crippen molar-refractivity contribution in [3.63, 3.8) is 0 Å². The van der Waals surface area contributed by atoms with E-state index in [4.69, 9.17) is 0 Å². The van der Waals surface area contributed by atoms with Crippen molar-refractivity contribution in [2.24, 2.45) is 0 Å². The molecular weight excluding hydrogens is 310 g/mol. The molecule has 0 N–H and O–H groups in total. The predicted octanol–water partition coefficient (Wildman–Crippen LogP) is 2.15. The summed E-state index contributed by atoms with van der Waals surface area (Å²) >= 11 is 1.56. The SMILES string of the molecule is O=C(c1cnc2n(c1=O)CCS2)N(Cc1ccccc1)C1CC1. The van der Waals surface area contributed by atoms with Crippen LogP contribution in [-0.2, 0) is 13.1 Å². The van der Waals surface area contributed by atoms with Gasteiger partial charge in [0.25, 0.3) is 11.5 Å². The Kier molecular flexibility index (Phi) is 3.69. The Balaban J connectivity index is 1.65. The van der Waals surface area contributed by atoms with Gasteiger partial charge in [0.05, 0.1) is 0 Å². The van der Waals surface area contributed by atoms with Gasteiger partial charge in [-0.3, -0.25) is 14.2 Å². The van der Waals surface area contributed by atoms with Crippen molar-refractivity contribution in [3.8, 4) is 0 Å². The zero-order valence-electron chi connectivity index (χ0n) is 12.6. The lowest BCUT2D eigenvalue weighted by atomic mass is 10.2. The number of carbonyl (C=O) groups is 1. The van der Waals surface area contributed by atoms with Crippen molar-refractivity contribution < 1.29 is 4.79 Å². The van der Waals surface area contributed by atoms with Crippen LogP contribution in [0.25, 0.3) is 0 Å². The van der Waals surface area contributed by atoms with Crippen LogP contribution in [-0.4, -0.2) is 32.2 Å². The number of aromatic nitrogens is 2. The quantitative estimate of drug-likeness (QED) is 0.808. The Morgan fingerprint density at radius 2 is 2.09 bits per heavy atom. The number of fused-ring (bicyclic) bond motifs is 1. The fraction of sp³-hybridized carbons (Fsp3) is 0.353. The third kappa shape index (κ3) is 2.79. The third-order valence-corrected chi connectivity index (χ3v) is 5.20. The lowest BCUT2D eigenvalue weighted by Crippen LogP contribution is -2.38. The summed E-state index contributed by atoms with van der Waals surface area (Å²) < 4.78 is 1.62.